The molecular weight excluding hydrogens is 309 g/mol. The van der Waals surface area contributed by atoms with Crippen molar-refractivity contribution in [1.29, 1.82) is 0 Å². The molecule has 0 spiro atoms. The average molecular weight is 347 g/mol. The molecule has 0 aromatic rings. The lowest BCUT2D eigenvalue weighted by molar-refractivity contribution is 0.335. The van der Waals surface area contributed by atoms with Crippen LogP contribution in [0.25, 0.3) is 0 Å². The molecule has 1 aliphatic heterocycles. The minimum atomic E-state index is -1.26. The molecule has 1 saturated heterocycles. The van der Waals surface area contributed by atoms with Crippen molar-refractivity contribution in [2.45, 2.75) is 90.3 Å². The van der Waals surface area contributed by atoms with Crippen molar-refractivity contribution in [3.8, 4) is 0 Å². The summed E-state index contributed by atoms with van der Waals surface area (Å²) in [5.74, 6) is 0. The van der Waals surface area contributed by atoms with Crippen LogP contribution in [0.2, 0.25) is 42.3 Å². The zero-order valence-electron chi connectivity index (χ0n) is 15.7. The SMILES string of the molecule is CC(C)(C)[Si](C)(C)[Si]1([Si](C)(C)C(C)(C)C)CCCO[SiH2]1. The highest BCUT2D eigenvalue weighted by Crippen LogP contribution is 2.53. The van der Waals surface area contributed by atoms with Crippen LogP contribution in [0.1, 0.15) is 48.0 Å². The zero-order valence-corrected chi connectivity index (χ0v) is 20.2. The Bertz CT molecular complexity index is 316. The second-order valence-electron chi connectivity index (χ2n) is 9.99. The van der Waals surface area contributed by atoms with Crippen molar-refractivity contribution in [3.05, 3.63) is 0 Å². The van der Waals surface area contributed by atoms with Crippen LogP contribution in [-0.2, 0) is 4.43 Å². The Morgan fingerprint density at radius 2 is 1.25 bits per heavy atom. The Labute approximate surface area is 132 Å². The van der Waals surface area contributed by atoms with Crippen molar-refractivity contribution in [2.24, 2.45) is 0 Å². The minimum absolute atomic E-state index is 0.290. The van der Waals surface area contributed by atoms with E-state index < -0.39 is 21.8 Å². The summed E-state index contributed by atoms with van der Waals surface area (Å²) < 4.78 is 6.32. The summed E-state index contributed by atoms with van der Waals surface area (Å²) in [6, 6.07) is 1.60. The van der Waals surface area contributed by atoms with E-state index in [0.29, 0.717) is 10.1 Å². The van der Waals surface area contributed by atoms with E-state index in [1.165, 1.54) is 6.42 Å². The molecule has 20 heavy (non-hydrogen) atoms. The van der Waals surface area contributed by atoms with Crippen LogP contribution in [0.3, 0.4) is 0 Å². The maximum absolute atomic E-state index is 6.32. The largest absolute Gasteiger partial charge is 0.428 e. The van der Waals surface area contributed by atoms with Crippen LogP contribution < -0.4 is 0 Å². The van der Waals surface area contributed by atoms with Crippen molar-refractivity contribution in [1.82, 2.24) is 0 Å². The number of hydrogen-bond acceptors (Lipinski definition) is 1. The van der Waals surface area contributed by atoms with E-state index >= 15 is 0 Å². The lowest BCUT2D eigenvalue weighted by Crippen LogP contribution is -2.82. The molecule has 0 aliphatic carbocycles. The third-order valence-electron chi connectivity index (χ3n) is 7.38. The van der Waals surface area contributed by atoms with Crippen molar-refractivity contribution in [2.75, 3.05) is 6.61 Å². The minimum Gasteiger partial charge on any atom is -0.428 e. The number of hydrogen-bond donors (Lipinski definition) is 0. The average Bonchev–Trinajstić information content (AvgIpc) is 2.26. The fourth-order valence-electron chi connectivity index (χ4n) is 4.00. The van der Waals surface area contributed by atoms with Crippen molar-refractivity contribution in [3.63, 3.8) is 0 Å². The molecule has 1 aliphatic rings. The predicted octanol–water partition coefficient (Wildman–Crippen LogP) is 4.61. The lowest BCUT2D eigenvalue weighted by atomic mass is 10.2. The summed E-state index contributed by atoms with van der Waals surface area (Å²) in [4.78, 5) is 0. The highest BCUT2D eigenvalue weighted by Gasteiger charge is 2.65. The smallest absolute Gasteiger partial charge is 0.146 e. The monoisotopic (exact) mass is 346 g/mol. The van der Waals surface area contributed by atoms with E-state index in [0.717, 1.165) is 6.61 Å². The molecule has 0 radical (unpaired) electrons. The Kier molecular flexibility index (Phi) is 5.17. The maximum atomic E-state index is 6.32. The third-order valence-corrected chi connectivity index (χ3v) is 75.1. The molecule has 0 aromatic heterocycles. The highest BCUT2D eigenvalue weighted by molar-refractivity contribution is 7.84. The molecule has 0 saturated carbocycles. The molecule has 0 bridgehead atoms. The van der Waals surface area contributed by atoms with E-state index in [1.54, 1.807) is 6.04 Å². The first-order chi connectivity index (χ1) is 8.71. The van der Waals surface area contributed by atoms with Gasteiger partial charge in [-0.05, 0) is 16.5 Å². The molecule has 1 nitrogen and oxygen atoms in total. The topological polar surface area (TPSA) is 9.23 Å². The Hall–Kier alpha value is 0.828. The van der Waals surface area contributed by atoms with E-state index in [1.807, 2.05) is 0 Å². The van der Waals surface area contributed by atoms with Gasteiger partial charge >= 0.3 is 0 Å². The standard InChI is InChI=1S/C15H38OSi4/c1-14(2,3)18(7,8)20(13-11-12-16-17-20)19(9,10)15(4,5)6/h11-13,17H2,1-10H3. The van der Waals surface area contributed by atoms with Gasteiger partial charge in [-0.3, -0.25) is 0 Å². The van der Waals surface area contributed by atoms with E-state index in [9.17, 15) is 0 Å². The first-order valence-electron chi connectivity index (χ1n) is 8.28. The van der Waals surface area contributed by atoms with Gasteiger partial charge in [0.25, 0.3) is 0 Å². The Morgan fingerprint density at radius 3 is 1.50 bits per heavy atom. The van der Waals surface area contributed by atoms with Crippen LogP contribution >= 0.6 is 0 Å². The second kappa shape index (κ2) is 5.48. The maximum Gasteiger partial charge on any atom is 0.146 e. The molecule has 0 aromatic carbocycles. The Balaban J connectivity index is 3.46. The van der Waals surface area contributed by atoms with Gasteiger partial charge in [-0.15, -0.1) is 0 Å². The first-order valence-corrected chi connectivity index (χ1v) is 21.4. The molecule has 5 heteroatoms. The molecule has 120 valence electrons. The van der Waals surface area contributed by atoms with Crippen LogP contribution in [0.15, 0.2) is 0 Å². The summed E-state index contributed by atoms with van der Waals surface area (Å²) in [5.41, 5.74) is 0. The summed E-state index contributed by atoms with van der Waals surface area (Å²) in [6.45, 7) is 26.0. The molecule has 1 fully saturated rings. The molecule has 1 heterocycles. The van der Waals surface area contributed by atoms with Gasteiger partial charge in [-0.25, -0.2) is 0 Å². The molecule has 0 N–H and O–H groups in total. The normalized spacial score (nSPS) is 23.1. The van der Waals surface area contributed by atoms with Gasteiger partial charge < -0.3 is 4.43 Å². The van der Waals surface area contributed by atoms with Gasteiger partial charge in [-0.2, -0.15) is 0 Å². The molecule has 0 atom stereocenters. The summed E-state index contributed by atoms with van der Waals surface area (Å²) in [5, 5.41) is 1.06. The van der Waals surface area contributed by atoms with Gasteiger partial charge in [0.15, 0.2) is 0 Å². The van der Waals surface area contributed by atoms with Gasteiger partial charge in [0.2, 0.25) is 0 Å². The summed E-state index contributed by atoms with van der Waals surface area (Å²) in [6.07, 6.45) is 1.36. The first kappa shape index (κ1) is 18.9. The Morgan fingerprint density at radius 1 is 0.850 bits per heavy atom. The van der Waals surface area contributed by atoms with Crippen LogP contribution in [0.4, 0.5) is 0 Å². The number of rotatable bonds is 2. The van der Waals surface area contributed by atoms with Crippen LogP contribution in [-0.4, -0.2) is 37.7 Å². The molecular formula is C15H38OSi4. The summed E-state index contributed by atoms with van der Waals surface area (Å²) >= 11 is 0. The predicted molar refractivity (Wildman–Crippen MR) is 104 cm³/mol. The molecule has 1 rings (SSSR count). The zero-order chi connectivity index (χ0) is 16.0. The fraction of sp³-hybridized carbons (Fsp3) is 1.00. The van der Waals surface area contributed by atoms with E-state index in [-0.39, 0.29) is 9.28 Å². The second-order valence-corrected chi connectivity index (χ2v) is 46.3. The van der Waals surface area contributed by atoms with Crippen molar-refractivity contribution >= 4 is 31.1 Å². The molecule has 0 amide bonds. The summed E-state index contributed by atoms with van der Waals surface area (Å²) in [7, 11) is -2.81. The van der Waals surface area contributed by atoms with Gasteiger partial charge in [0.05, 0.1) is 6.63 Å². The molecule has 0 unspecified atom stereocenters. The van der Waals surface area contributed by atoms with E-state index in [4.69, 9.17) is 4.43 Å². The van der Waals surface area contributed by atoms with Gasteiger partial charge in [-0.1, -0.05) is 73.8 Å². The third kappa shape index (κ3) is 2.73. The lowest BCUT2D eigenvalue weighted by Gasteiger charge is -2.62. The fourth-order valence-corrected chi connectivity index (χ4v) is 73.6. The van der Waals surface area contributed by atoms with Crippen LogP contribution in [0.5, 0.6) is 0 Å². The quantitative estimate of drug-likeness (QED) is 0.663. The van der Waals surface area contributed by atoms with Gasteiger partial charge in [0, 0.05) is 21.8 Å². The highest BCUT2D eigenvalue weighted by atomic mass is 29.9. The van der Waals surface area contributed by atoms with Crippen molar-refractivity contribution < 1.29 is 4.43 Å². The van der Waals surface area contributed by atoms with E-state index in [2.05, 4.69) is 67.7 Å². The van der Waals surface area contributed by atoms with Gasteiger partial charge in [0.1, 0.15) is 9.28 Å². The van der Waals surface area contributed by atoms with Crippen LogP contribution in [0, 0.1) is 0 Å².